The highest BCUT2D eigenvalue weighted by atomic mass is 16.5. The lowest BCUT2D eigenvalue weighted by atomic mass is 9.91. The Morgan fingerprint density at radius 2 is 2.19 bits per heavy atom. The lowest BCUT2D eigenvalue weighted by Crippen LogP contribution is -2.32. The van der Waals surface area contributed by atoms with Crippen LogP contribution in [0, 0.1) is 32.6 Å². The Hall–Kier alpha value is -2.48. The number of carbonyl (C=O) groups is 1. The number of likely N-dealkylation sites (tertiary alicyclic amines) is 1. The van der Waals surface area contributed by atoms with Crippen molar-refractivity contribution < 1.29 is 18.8 Å². The minimum Gasteiger partial charge on any atom is -0.463 e. The summed E-state index contributed by atoms with van der Waals surface area (Å²) in [5.74, 6) is 1.24. The third-order valence-corrected chi connectivity index (χ3v) is 5.47. The number of fused-ring (bicyclic) bond motifs is 1. The molecule has 27 heavy (non-hydrogen) atoms. The van der Waals surface area contributed by atoms with Crippen LogP contribution in [-0.4, -0.2) is 58.3 Å². The van der Waals surface area contributed by atoms with Crippen LogP contribution in [0.4, 0.5) is 0 Å². The molecule has 2 aromatic heterocycles. The molecule has 8 nitrogen and oxygen atoms in total. The number of ether oxygens (including phenoxy) is 2. The largest absolute Gasteiger partial charge is 0.463 e. The second-order valence-corrected chi connectivity index (χ2v) is 7.32. The maximum atomic E-state index is 12.8. The molecule has 0 radical (unpaired) electrons. The molecule has 2 aliphatic rings. The number of nitrogens with zero attached hydrogens (tertiary/aromatic N) is 4. The van der Waals surface area contributed by atoms with Crippen molar-refractivity contribution in [3.63, 3.8) is 0 Å². The Labute approximate surface area is 157 Å². The predicted molar refractivity (Wildman–Crippen MR) is 95.5 cm³/mol. The summed E-state index contributed by atoms with van der Waals surface area (Å²) in [6, 6.07) is 2.25. The summed E-state index contributed by atoms with van der Waals surface area (Å²) in [5, 5.41) is 3.89. The molecule has 1 amide bonds. The van der Waals surface area contributed by atoms with Gasteiger partial charge in [-0.2, -0.15) is 0 Å². The zero-order chi connectivity index (χ0) is 19.0. The van der Waals surface area contributed by atoms with Gasteiger partial charge in [0, 0.05) is 30.9 Å². The molecule has 0 bridgehead atoms. The summed E-state index contributed by atoms with van der Waals surface area (Å²) >= 11 is 0. The van der Waals surface area contributed by atoms with E-state index in [2.05, 4.69) is 15.1 Å². The molecule has 0 aromatic carbocycles. The van der Waals surface area contributed by atoms with Crippen LogP contribution in [0.5, 0.6) is 6.01 Å². The number of aromatic nitrogens is 3. The second-order valence-electron chi connectivity index (χ2n) is 7.32. The average molecular weight is 372 g/mol. The molecule has 3 atom stereocenters. The van der Waals surface area contributed by atoms with Crippen LogP contribution in [-0.2, 0) is 4.74 Å². The Bertz CT molecular complexity index is 817. The van der Waals surface area contributed by atoms with Gasteiger partial charge < -0.3 is 18.9 Å². The van der Waals surface area contributed by atoms with Crippen molar-refractivity contribution in [3.05, 3.63) is 35.0 Å². The van der Waals surface area contributed by atoms with Gasteiger partial charge in [-0.3, -0.25) is 4.79 Å². The van der Waals surface area contributed by atoms with E-state index in [1.807, 2.05) is 17.9 Å². The molecule has 4 rings (SSSR count). The minimum absolute atomic E-state index is 0.0209. The smallest absolute Gasteiger partial charge is 0.316 e. The van der Waals surface area contributed by atoms with Crippen molar-refractivity contribution in [2.24, 2.45) is 11.8 Å². The van der Waals surface area contributed by atoms with Gasteiger partial charge in [-0.1, -0.05) is 5.16 Å². The summed E-state index contributed by atoms with van der Waals surface area (Å²) < 4.78 is 16.8. The first-order valence-electron chi connectivity index (χ1n) is 9.29. The number of aryl methyl sites for hydroxylation is 3. The van der Waals surface area contributed by atoms with E-state index in [9.17, 15) is 4.79 Å². The zero-order valence-corrected chi connectivity index (χ0v) is 15.8. The fourth-order valence-corrected chi connectivity index (χ4v) is 4.01. The van der Waals surface area contributed by atoms with E-state index in [1.165, 1.54) is 0 Å². The first-order chi connectivity index (χ1) is 13.0. The van der Waals surface area contributed by atoms with Crippen LogP contribution < -0.4 is 4.74 Å². The van der Waals surface area contributed by atoms with Gasteiger partial charge in [0.1, 0.15) is 11.3 Å². The molecule has 2 aromatic rings. The summed E-state index contributed by atoms with van der Waals surface area (Å²) in [6.45, 7) is 8.04. The van der Waals surface area contributed by atoms with E-state index in [0.29, 0.717) is 61.2 Å². The summed E-state index contributed by atoms with van der Waals surface area (Å²) in [4.78, 5) is 23.1. The third-order valence-electron chi connectivity index (χ3n) is 5.47. The van der Waals surface area contributed by atoms with Crippen LogP contribution >= 0.6 is 0 Å². The Morgan fingerprint density at radius 1 is 1.33 bits per heavy atom. The topological polar surface area (TPSA) is 90.6 Å². The molecule has 0 spiro atoms. The first-order valence-corrected chi connectivity index (χ1v) is 9.29. The van der Waals surface area contributed by atoms with E-state index >= 15 is 0 Å². The molecule has 0 unspecified atom stereocenters. The summed E-state index contributed by atoms with van der Waals surface area (Å²) in [7, 11) is 0. The molecule has 0 aliphatic carbocycles. The normalized spacial score (nSPS) is 24.3. The monoisotopic (exact) mass is 372 g/mol. The van der Waals surface area contributed by atoms with Gasteiger partial charge in [0.2, 0.25) is 0 Å². The van der Waals surface area contributed by atoms with Gasteiger partial charge in [-0.25, -0.2) is 9.97 Å². The van der Waals surface area contributed by atoms with Crippen molar-refractivity contribution in [1.82, 2.24) is 20.0 Å². The zero-order valence-electron chi connectivity index (χ0n) is 15.8. The van der Waals surface area contributed by atoms with Crippen molar-refractivity contribution in [2.75, 3.05) is 26.3 Å². The third kappa shape index (κ3) is 3.53. The minimum atomic E-state index is -0.0209. The highest BCUT2D eigenvalue weighted by Crippen LogP contribution is 2.36. The standard InChI is InChI=1S/C19H24N4O4/c1-11-4-6-20-19(21-11)25-7-5-14-10-26-16-9-23(8-15(14)16)18(24)17-12(2)22-27-13(17)3/h4,6,14-16H,5,7-10H2,1-3H3/t14-,15-,16-/m0/s1. The highest BCUT2D eigenvalue weighted by molar-refractivity contribution is 5.96. The molecule has 144 valence electrons. The maximum Gasteiger partial charge on any atom is 0.316 e. The lowest BCUT2D eigenvalue weighted by Gasteiger charge is -2.19. The lowest BCUT2D eigenvalue weighted by molar-refractivity contribution is 0.0669. The quantitative estimate of drug-likeness (QED) is 0.792. The Balaban J connectivity index is 1.34. The van der Waals surface area contributed by atoms with Crippen LogP contribution in [0.3, 0.4) is 0 Å². The second kappa shape index (κ2) is 7.26. The number of rotatable bonds is 5. The molecule has 2 saturated heterocycles. The molecular weight excluding hydrogens is 348 g/mol. The van der Waals surface area contributed by atoms with Crippen molar-refractivity contribution in [2.45, 2.75) is 33.3 Å². The fourth-order valence-electron chi connectivity index (χ4n) is 4.01. The predicted octanol–water partition coefficient (Wildman–Crippen LogP) is 1.95. The van der Waals surface area contributed by atoms with E-state index < -0.39 is 0 Å². The first kappa shape index (κ1) is 17.9. The SMILES string of the molecule is Cc1ccnc(OCC[C@H]2CO[C@H]3CN(C(=O)c4c(C)noc4C)C[C@@H]23)n1. The van der Waals surface area contributed by atoms with Crippen LogP contribution in [0.2, 0.25) is 0 Å². The van der Waals surface area contributed by atoms with E-state index in [0.717, 1.165) is 12.1 Å². The Kier molecular flexibility index (Phi) is 4.82. The van der Waals surface area contributed by atoms with Crippen molar-refractivity contribution >= 4 is 5.91 Å². The molecule has 2 aliphatic heterocycles. The van der Waals surface area contributed by atoms with E-state index in [1.54, 1.807) is 20.0 Å². The van der Waals surface area contributed by atoms with Gasteiger partial charge in [-0.15, -0.1) is 0 Å². The molecule has 0 saturated carbocycles. The number of hydrogen-bond acceptors (Lipinski definition) is 7. The molecule has 8 heteroatoms. The van der Waals surface area contributed by atoms with Gasteiger partial charge >= 0.3 is 6.01 Å². The van der Waals surface area contributed by atoms with E-state index in [-0.39, 0.29) is 12.0 Å². The number of carbonyl (C=O) groups excluding carboxylic acids is 1. The molecule has 2 fully saturated rings. The number of hydrogen-bond donors (Lipinski definition) is 0. The number of amides is 1. The van der Waals surface area contributed by atoms with Crippen LogP contribution in [0.15, 0.2) is 16.8 Å². The summed E-state index contributed by atoms with van der Waals surface area (Å²) in [6.07, 6.45) is 2.64. The molecule has 4 heterocycles. The molecule has 0 N–H and O–H groups in total. The molecular formula is C19H24N4O4. The van der Waals surface area contributed by atoms with Crippen molar-refractivity contribution in [3.8, 4) is 6.01 Å². The van der Waals surface area contributed by atoms with Crippen LogP contribution in [0.25, 0.3) is 0 Å². The van der Waals surface area contributed by atoms with E-state index in [4.69, 9.17) is 14.0 Å². The fraction of sp³-hybridized carbons (Fsp3) is 0.579. The summed E-state index contributed by atoms with van der Waals surface area (Å²) in [5.41, 5.74) is 2.10. The van der Waals surface area contributed by atoms with Crippen LogP contribution in [0.1, 0.15) is 33.9 Å². The van der Waals surface area contributed by atoms with Gasteiger partial charge in [0.15, 0.2) is 0 Å². The Morgan fingerprint density at radius 3 is 2.93 bits per heavy atom. The maximum absolute atomic E-state index is 12.8. The highest BCUT2D eigenvalue weighted by Gasteiger charge is 2.45. The van der Waals surface area contributed by atoms with Gasteiger partial charge in [0.05, 0.1) is 25.0 Å². The van der Waals surface area contributed by atoms with Gasteiger partial charge in [0.25, 0.3) is 5.91 Å². The van der Waals surface area contributed by atoms with Crippen molar-refractivity contribution in [1.29, 1.82) is 0 Å². The average Bonchev–Trinajstić information content (AvgIpc) is 3.30. The van der Waals surface area contributed by atoms with Gasteiger partial charge in [-0.05, 0) is 39.2 Å².